The minimum atomic E-state index is -1.86. The fourth-order valence-corrected chi connectivity index (χ4v) is 2.49. The topological polar surface area (TPSA) is 30.8 Å². The highest BCUT2D eigenvalue weighted by Crippen LogP contribution is 2.38. The van der Waals surface area contributed by atoms with Gasteiger partial charge in [-0.1, -0.05) is 41.5 Å². The van der Waals surface area contributed by atoms with E-state index in [4.69, 9.17) is 8.85 Å². The van der Waals surface area contributed by atoms with E-state index in [1.54, 1.807) is 0 Å². The van der Waals surface area contributed by atoms with Gasteiger partial charge in [-0.3, -0.25) is 0 Å². The molecule has 118 valence electrons. The third-order valence-electron chi connectivity index (χ3n) is 4.53. The Bertz CT molecular complexity index is 374. The predicted octanol–water partition coefficient (Wildman–Crippen LogP) is 5.53. The molecule has 0 saturated carbocycles. The molecular weight excluding hydrogens is 282 g/mol. The number of nitrogens with zero attached hydrogens (tertiary/aromatic N) is 1. The van der Waals surface area contributed by atoms with Crippen LogP contribution in [0.15, 0.2) is 17.5 Å². The highest BCUT2D eigenvalue weighted by atomic mass is 28.4. The zero-order chi connectivity index (χ0) is 16.4. The Kier molecular flexibility index (Phi) is 5.89. The minimum Gasteiger partial charge on any atom is -0.536 e. The molecule has 0 aliphatic rings. The molecule has 0 bridgehead atoms. The maximum absolute atomic E-state index is 5.98. The quantitative estimate of drug-likeness (QED) is 0.289. The van der Waals surface area contributed by atoms with Crippen molar-refractivity contribution in [1.29, 1.82) is 0 Å². The first-order valence-corrected chi connectivity index (χ1v) is 13.0. The Morgan fingerprint density at radius 1 is 0.900 bits per heavy atom. The second kappa shape index (κ2) is 6.06. The Morgan fingerprint density at radius 2 is 1.30 bits per heavy atom. The summed E-state index contributed by atoms with van der Waals surface area (Å²) in [6, 6.07) is 0. The van der Waals surface area contributed by atoms with Gasteiger partial charge in [0.2, 0.25) is 0 Å². The maximum atomic E-state index is 5.98. The summed E-state index contributed by atoms with van der Waals surface area (Å²) in [6.07, 6.45) is 1.52. The third-order valence-corrected chi connectivity index (χ3v) is 13.2. The van der Waals surface area contributed by atoms with Crippen LogP contribution in [0.4, 0.5) is 0 Å². The Hall–Kier alpha value is -0.556. The first-order valence-electron chi connectivity index (χ1n) is 7.18. The molecule has 5 heteroatoms. The van der Waals surface area contributed by atoms with Gasteiger partial charge >= 0.3 is 0 Å². The first kappa shape index (κ1) is 19.4. The zero-order valence-electron chi connectivity index (χ0n) is 15.0. The number of aliphatic imine (C=N–C) groups is 1. The van der Waals surface area contributed by atoms with Gasteiger partial charge in [0.25, 0.3) is 16.6 Å². The van der Waals surface area contributed by atoms with Crippen LogP contribution < -0.4 is 0 Å². The van der Waals surface area contributed by atoms with Crippen molar-refractivity contribution in [3.05, 3.63) is 12.5 Å². The molecule has 3 nitrogen and oxygen atoms in total. The lowest BCUT2D eigenvalue weighted by molar-refractivity contribution is 0.380. The lowest BCUT2D eigenvalue weighted by atomic mass is 10.2. The van der Waals surface area contributed by atoms with Gasteiger partial charge in [-0.25, -0.2) is 0 Å². The van der Waals surface area contributed by atoms with Gasteiger partial charge in [-0.2, -0.15) is 4.99 Å². The maximum Gasteiger partial charge on any atom is 0.252 e. The lowest BCUT2D eigenvalue weighted by Crippen LogP contribution is -2.41. The summed E-state index contributed by atoms with van der Waals surface area (Å²) in [6.45, 7) is 25.8. The van der Waals surface area contributed by atoms with Crippen LogP contribution in [0.1, 0.15) is 41.5 Å². The standard InChI is InChI=1S/C15H33NO2Si2/c1-13(18-20(10,11)15(5,6)7)16-12-17-19(8,9)14(2,3)4/h12H,1H2,2-11H3/b16-12-. The smallest absolute Gasteiger partial charge is 0.252 e. The lowest BCUT2D eigenvalue weighted by Gasteiger charge is -2.36. The van der Waals surface area contributed by atoms with Crippen molar-refractivity contribution < 1.29 is 8.85 Å². The monoisotopic (exact) mass is 315 g/mol. The molecule has 0 amide bonds. The van der Waals surface area contributed by atoms with Gasteiger partial charge < -0.3 is 8.85 Å². The van der Waals surface area contributed by atoms with Crippen LogP contribution in [0.25, 0.3) is 0 Å². The number of hydrogen-bond acceptors (Lipinski definition) is 3. The molecule has 0 atom stereocenters. The van der Waals surface area contributed by atoms with Gasteiger partial charge in [0.1, 0.15) is 0 Å². The van der Waals surface area contributed by atoms with Crippen molar-refractivity contribution in [3.63, 3.8) is 0 Å². The second-order valence-corrected chi connectivity index (χ2v) is 17.8. The van der Waals surface area contributed by atoms with E-state index in [2.05, 4.69) is 79.3 Å². The van der Waals surface area contributed by atoms with E-state index in [1.807, 2.05) is 0 Å². The number of hydrogen-bond donors (Lipinski definition) is 0. The van der Waals surface area contributed by atoms with E-state index in [1.165, 1.54) is 6.40 Å². The van der Waals surface area contributed by atoms with Crippen LogP contribution in [0.2, 0.25) is 36.3 Å². The molecular formula is C15H33NO2Si2. The van der Waals surface area contributed by atoms with E-state index < -0.39 is 16.6 Å². The molecule has 0 saturated heterocycles. The van der Waals surface area contributed by atoms with E-state index >= 15 is 0 Å². The van der Waals surface area contributed by atoms with Crippen LogP contribution >= 0.6 is 0 Å². The predicted molar refractivity (Wildman–Crippen MR) is 94.2 cm³/mol. The van der Waals surface area contributed by atoms with E-state index in [-0.39, 0.29) is 10.1 Å². The SMILES string of the molecule is C=C(/N=C\O[Si](C)(C)C(C)(C)C)O[Si](C)(C)C(C)(C)C. The summed E-state index contributed by atoms with van der Waals surface area (Å²) in [5.41, 5.74) is 0. The van der Waals surface area contributed by atoms with Crippen LogP contribution in [-0.4, -0.2) is 23.0 Å². The van der Waals surface area contributed by atoms with Gasteiger partial charge in [-0.05, 0) is 42.8 Å². The van der Waals surface area contributed by atoms with Crippen LogP contribution in [0.5, 0.6) is 0 Å². The molecule has 0 N–H and O–H groups in total. The fraction of sp³-hybridized carbons (Fsp3) is 0.800. The molecule has 0 radical (unpaired) electrons. The molecule has 0 unspecified atom stereocenters. The summed E-state index contributed by atoms with van der Waals surface area (Å²) < 4.78 is 11.9. The Labute approximate surface area is 127 Å². The molecule has 0 aliphatic carbocycles. The van der Waals surface area contributed by atoms with Gasteiger partial charge in [0, 0.05) is 0 Å². The van der Waals surface area contributed by atoms with Gasteiger partial charge in [0.15, 0.2) is 12.3 Å². The first-order chi connectivity index (χ1) is 8.60. The Balaban J connectivity index is 4.62. The van der Waals surface area contributed by atoms with Gasteiger partial charge in [0.05, 0.1) is 0 Å². The van der Waals surface area contributed by atoms with Crippen molar-refractivity contribution in [3.8, 4) is 0 Å². The average molecular weight is 316 g/mol. The fourth-order valence-electron chi connectivity index (χ4n) is 0.868. The summed E-state index contributed by atoms with van der Waals surface area (Å²) in [5, 5.41) is 0.312. The summed E-state index contributed by atoms with van der Waals surface area (Å²) >= 11 is 0. The molecule has 0 aromatic rings. The van der Waals surface area contributed by atoms with E-state index in [0.29, 0.717) is 5.88 Å². The van der Waals surface area contributed by atoms with E-state index in [0.717, 1.165) is 0 Å². The van der Waals surface area contributed by atoms with Gasteiger partial charge in [-0.15, -0.1) is 0 Å². The van der Waals surface area contributed by atoms with Crippen molar-refractivity contribution in [1.82, 2.24) is 0 Å². The van der Waals surface area contributed by atoms with Crippen LogP contribution in [0, 0.1) is 0 Å². The van der Waals surface area contributed by atoms with Crippen molar-refractivity contribution in [2.24, 2.45) is 4.99 Å². The summed E-state index contributed by atoms with van der Waals surface area (Å²) in [7, 11) is -3.66. The number of rotatable bonds is 5. The minimum absolute atomic E-state index is 0.145. The Morgan fingerprint density at radius 3 is 1.65 bits per heavy atom. The highest BCUT2D eigenvalue weighted by Gasteiger charge is 2.40. The summed E-state index contributed by atoms with van der Waals surface area (Å²) in [5.74, 6) is 0.454. The molecule has 0 aliphatic heterocycles. The third kappa shape index (κ3) is 5.44. The largest absolute Gasteiger partial charge is 0.536 e. The molecule has 0 fully saturated rings. The molecule has 0 aromatic heterocycles. The molecule has 0 rings (SSSR count). The molecule has 20 heavy (non-hydrogen) atoms. The van der Waals surface area contributed by atoms with Crippen molar-refractivity contribution in [2.75, 3.05) is 0 Å². The molecule has 0 spiro atoms. The van der Waals surface area contributed by atoms with Crippen molar-refractivity contribution in [2.45, 2.75) is 77.8 Å². The van der Waals surface area contributed by atoms with Crippen molar-refractivity contribution >= 4 is 23.0 Å². The van der Waals surface area contributed by atoms with E-state index in [9.17, 15) is 0 Å². The van der Waals surface area contributed by atoms with Crippen LogP contribution in [-0.2, 0) is 8.85 Å². The second-order valence-electron chi connectivity index (χ2n) is 8.37. The molecule has 0 aromatic carbocycles. The van der Waals surface area contributed by atoms with Crippen LogP contribution in [0.3, 0.4) is 0 Å². The summed E-state index contributed by atoms with van der Waals surface area (Å²) in [4.78, 5) is 4.23. The normalized spacial score (nSPS) is 14.5. The molecule has 0 heterocycles. The average Bonchev–Trinajstić information content (AvgIpc) is 2.12. The zero-order valence-corrected chi connectivity index (χ0v) is 17.0. The highest BCUT2D eigenvalue weighted by molar-refractivity contribution is 6.75.